The molecule has 1 aromatic rings. The number of amides is 3. The van der Waals surface area contributed by atoms with E-state index in [4.69, 9.17) is 0 Å². The highest BCUT2D eigenvalue weighted by Crippen LogP contribution is 2.14. The van der Waals surface area contributed by atoms with Gasteiger partial charge in [0.1, 0.15) is 17.2 Å². The summed E-state index contributed by atoms with van der Waals surface area (Å²) in [6, 6.07) is 2.42. The van der Waals surface area contributed by atoms with E-state index in [0.717, 1.165) is 0 Å². The summed E-state index contributed by atoms with van der Waals surface area (Å²) in [5, 5.41) is 2.18. The fourth-order valence-corrected chi connectivity index (χ4v) is 2.03. The molecule has 0 aromatic carbocycles. The van der Waals surface area contributed by atoms with E-state index in [-0.39, 0.29) is 12.5 Å². The Kier molecular flexibility index (Phi) is 3.42. The quantitative estimate of drug-likeness (QED) is 0.599. The summed E-state index contributed by atoms with van der Waals surface area (Å²) in [5.74, 6) is -1.30. The smallest absolute Gasteiger partial charge is 0.255 e. The molecule has 1 aromatic heterocycles. The van der Waals surface area contributed by atoms with Crippen LogP contribution in [0.2, 0.25) is 0 Å². The maximum absolute atomic E-state index is 12.2. The van der Waals surface area contributed by atoms with Crippen LogP contribution < -0.4 is 5.32 Å². The third kappa shape index (κ3) is 2.40. The molecule has 1 saturated heterocycles. The Hall–Kier alpha value is -1.76. The van der Waals surface area contributed by atoms with Gasteiger partial charge in [0.25, 0.3) is 5.91 Å². The highest BCUT2D eigenvalue weighted by atomic mass is 79.9. The molecule has 2 rings (SSSR count). The lowest BCUT2D eigenvalue weighted by Gasteiger charge is -2.31. The maximum Gasteiger partial charge on any atom is 0.255 e. The van der Waals surface area contributed by atoms with Gasteiger partial charge < -0.3 is 4.90 Å². The summed E-state index contributed by atoms with van der Waals surface area (Å²) in [5.41, 5.74) is 0.381. The lowest BCUT2D eigenvalue weighted by molar-refractivity contribution is -0.138. The molecule has 1 aliphatic rings. The lowest BCUT2D eigenvalue weighted by Crippen LogP contribution is -2.58. The molecule has 1 aliphatic heterocycles. The minimum atomic E-state index is -0.665. The van der Waals surface area contributed by atoms with Crippen LogP contribution in [0.4, 0.5) is 0 Å². The molecular formula is C11H10BrN3O3. The zero-order valence-corrected chi connectivity index (χ0v) is 11.1. The number of imide groups is 1. The Morgan fingerprint density at radius 3 is 2.94 bits per heavy atom. The number of halogens is 1. The molecule has 6 nitrogen and oxygen atoms in total. The van der Waals surface area contributed by atoms with Crippen molar-refractivity contribution < 1.29 is 14.4 Å². The molecule has 1 fully saturated rings. The van der Waals surface area contributed by atoms with E-state index in [2.05, 4.69) is 26.2 Å². The number of carbonyl (C=O) groups is 3. The summed E-state index contributed by atoms with van der Waals surface area (Å²) in [6.45, 7) is 1.46. The molecule has 0 radical (unpaired) electrons. The zero-order valence-electron chi connectivity index (χ0n) is 9.51. The van der Waals surface area contributed by atoms with Crippen LogP contribution in [0.3, 0.4) is 0 Å². The van der Waals surface area contributed by atoms with Gasteiger partial charge in [-0.25, -0.2) is 4.98 Å². The molecule has 18 heavy (non-hydrogen) atoms. The van der Waals surface area contributed by atoms with Gasteiger partial charge in [0.05, 0.1) is 0 Å². The van der Waals surface area contributed by atoms with E-state index in [1.54, 1.807) is 13.0 Å². The van der Waals surface area contributed by atoms with Gasteiger partial charge >= 0.3 is 0 Å². The van der Waals surface area contributed by atoms with Gasteiger partial charge in [0.2, 0.25) is 11.8 Å². The normalized spacial score (nSPS) is 19.7. The van der Waals surface area contributed by atoms with Crippen molar-refractivity contribution in [3.63, 3.8) is 0 Å². The first-order valence-electron chi connectivity index (χ1n) is 5.25. The summed E-state index contributed by atoms with van der Waals surface area (Å²) in [4.78, 5) is 40.1. The number of aromatic nitrogens is 1. The Labute approximate surface area is 111 Å². The number of pyridine rings is 1. The molecule has 0 bridgehead atoms. The average Bonchev–Trinajstić information content (AvgIpc) is 2.33. The molecule has 0 saturated carbocycles. The minimum Gasteiger partial charge on any atom is -0.318 e. The van der Waals surface area contributed by atoms with Crippen molar-refractivity contribution in [3.05, 3.63) is 28.5 Å². The van der Waals surface area contributed by atoms with Gasteiger partial charge in [-0.3, -0.25) is 19.7 Å². The summed E-state index contributed by atoms with van der Waals surface area (Å²) >= 11 is 3.17. The van der Waals surface area contributed by atoms with Crippen molar-refractivity contribution in [3.8, 4) is 0 Å². The third-order valence-electron chi connectivity index (χ3n) is 2.66. The van der Waals surface area contributed by atoms with Crippen LogP contribution in [-0.4, -0.2) is 40.2 Å². The molecule has 7 heteroatoms. The highest BCUT2D eigenvalue weighted by Gasteiger charge is 2.33. The van der Waals surface area contributed by atoms with Crippen molar-refractivity contribution in [2.45, 2.75) is 13.0 Å². The predicted molar refractivity (Wildman–Crippen MR) is 65.6 cm³/mol. The monoisotopic (exact) mass is 311 g/mol. The molecule has 1 atom stereocenters. The maximum atomic E-state index is 12.2. The number of nitrogens with zero attached hydrogens (tertiary/aromatic N) is 2. The molecular weight excluding hydrogens is 302 g/mol. The van der Waals surface area contributed by atoms with Gasteiger partial charge in [-0.2, -0.15) is 0 Å². The van der Waals surface area contributed by atoms with Crippen molar-refractivity contribution in [2.24, 2.45) is 0 Å². The van der Waals surface area contributed by atoms with Crippen LogP contribution in [-0.2, 0) is 9.59 Å². The second kappa shape index (κ2) is 4.85. The second-order valence-electron chi connectivity index (χ2n) is 3.89. The van der Waals surface area contributed by atoms with E-state index in [1.807, 2.05) is 0 Å². The van der Waals surface area contributed by atoms with Gasteiger partial charge in [-0.05, 0) is 35.0 Å². The third-order valence-corrected chi connectivity index (χ3v) is 3.09. The first-order valence-corrected chi connectivity index (χ1v) is 6.04. The fraction of sp³-hybridized carbons (Fsp3) is 0.273. The second-order valence-corrected chi connectivity index (χ2v) is 4.70. The van der Waals surface area contributed by atoms with E-state index in [0.29, 0.717) is 10.2 Å². The van der Waals surface area contributed by atoms with Crippen LogP contribution in [0.1, 0.15) is 17.3 Å². The molecule has 1 unspecified atom stereocenters. The van der Waals surface area contributed by atoms with E-state index < -0.39 is 17.9 Å². The SMILES string of the molecule is CC1C(=O)NC(=O)CN1C(=O)c1ccnc(Br)c1. The first-order chi connectivity index (χ1) is 8.49. The summed E-state index contributed by atoms with van der Waals surface area (Å²) < 4.78 is 0.522. The van der Waals surface area contributed by atoms with Crippen LogP contribution >= 0.6 is 15.9 Å². The highest BCUT2D eigenvalue weighted by molar-refractivity contribution is 9.10. The number of nitrogens with one attached hydrogen (secondary N) is 1. The first kappa shape index (κ1) is 12.7. The molecule has 2 heterocycles. The van der Waals surface area contributed by atoms with Gasteiger partial charge in [-0.15, -0.1) is 0 Å². The standard InChI is InChI=1S/C11H10BrN3O3/c1-6-10(17)14-9(16)5-15(6)11(18)7-2-3-13-8(12)4-7/h2-4,6H,5H2,1H3,(H,14,16,17). The van der Waals surface area contributed by atoms with Gasteiger partial charge in [0, 0.05) is 11.8 Å². The minimum absolute atomic E-state index is 0.119. The van der Waals surface area contributed by atoms with Crippen LogP contribution in [0.25, 0.3) is 0 Å². The fourth-order valence-electron chi connectivity index (χ4n) is 1.66. The Morgan fingerprint density at radius 1 is 1.56 bits per heavy atom. The lowest BCUT2D eigenvalue weighted by atomic mass is 10.1. The predicted octanol–water partition coefficient (Wildman–Crippen LogP) is 0.331. The van der Waals surface area contributed by atoms with Crippen molar-refractivity contribution >= 4 is 33.7 Å². The number of piperazine rings is 1. The number of carbonyl (C=O) groups excluding carboxylic acids is 3. The summed E-state index contributed by atoms with van der Waals surface area (Å²) in [6.07, 6.45) is 1.48. The van der Waals surface area contributed by atoms with Gasteiger partial charge in [0.15, 0.2) is 0 Å². The number of hydrogen-bond acceptors (Lipinski definition) is 4. The zero-order chi connectivity index (χ0) is 13.3. The average molecular weight is 312 g/mol. The molecule has 3 amide bonds. The Bertz CT molecular complexity index is 532. The van der Waals surface area contributed by atoms with Crippen molar-refractivity contribution in [1.29, 1.82) is 0 Å². The topological polar surface area (TPSA) is 79.4 Å². The number of rotatable bonds is 1. The van der Waals surface area contributed by atoms with Gasteiger partial charge in [-0.1, -0.05) is 0 Å². The van der Waals surface area contributed by atoms with Crippen molar-refractivity contribution in [2.75, 3.05) is 6.54 Å². The van der Waals surface area contributed by atoms with Crippen LogP contribution in [0, 0.1) is 0 Å². The van der Waals surface area contributed by atoms with Crippen LogP contribution in [0.15, 0.2) is 22.9 Å². The molecule has 0 spiro atoms. The van der Waals surface area contributed by atoms with E-state index in [1.165, 1.54) is 17.2 Å². The summed E-state index contributed by atoms with van der Waals surface area (Å²) in [7, 11) is 0. The molecule has 94 valence electrons. The van der Waals surface area contributed by atoms with Crippen LogP contribution in [0.5, 0.6) is 0 Å². The molecule has 0 aliphatic carbocycles. The van der Waals surface area contributed by atoms with E-state index in [9.17, 15) is 14.4 Å². The Morgan fingerprint density at radius 2 is 2.28 bits per heavy atom. The Balaban J connectivity index is 2.27. The largest absolute Gasteiger partial charge is 0.318 e. The number of hydrogen-bond donors (Lipinski definition) is 1. The molecule has 1 N–H and O–H groups in total. The van der Waals surface area contributed by atoms with E-state index >= 15 is 0 Å². The van der Waals surface area contributed by atoms with Crippen molar-refractivity contribution in [1.82, 2.24) is 15.2 Å².